The van der Waals surface area contributed by atoms with Crippen molar-refractivity contribution in [2.24, 2.45) is 10.9 Å². The van der Waals surface area contributed by atoms with Crippen LogP contribution in [0, 0.1) is 5.92 Å². The molecule has 1 aromatic carbocycles. The molecule has 0 aliphatic carbocycles. The number of para-hydroxylation sites is 1. The first-order valence-corrected chi connectivity index (χ1v) is 6.78. The third kappa shape index (κ3) is 6.13. The molecule has 0 spiro atoms. The monoisotopic (exact) mass is 263 g/mol. The van der Waals surface area contributed by atoms with Gasteiger partial charge in [-0.15, -0.1) is 0 Å². The fraction of sp³-hybridized carbons (Fsp3) is 0.533. The van der Waals surface area contributed by atoms with Crippen LogP contribution >= 0.6 is 0 Å². The van der Waals surface area contributed by atoms with E-state index in [0.717, 1.165) is 18.3 Å². The van der Waals surface area contributed by atoms with Gasteiger partial charge in [0.05, 0.1) is 6.54 Å². The lowest BCUT2D eigenvalue weighted by atomic mass is 10.1. The number of rotatable bonds is 6. The van der Waals surface area contributed by atoms with Gasteiger partial charge in [-0.3, -0.25) is 4.99 Å². The highest BCUT2D eigenvalue weighted by molar-refractivity contribution is 5.79. The number of nitrogens with zero attached hydrogens (tertiary/aromatic N) is 1. The molecule has 0 aliphatic heterocycles. The summed E-state index contributed by atoms with van der Waals surface area (Å²) in [4.78, 5) is 4.19. The zero-order chi connectivity index (χ0) is 14.1. The topological polar surface area (TPSA) is 45.7 Å². The van der Waals surface area contributed by atoms with Crippen molar-refractivity contribution in [1.29, 1.82) is 0 Å². The first kappa shape index (κ1) is 15.3. The van der Waals surface area contributed by atoms with E-state index in [-0.39, 0.29) is 0 Å². The summed E-state index contributed by atoms with van der Waals surface area (Å²) >= 11 is 0. The van der Waals surface area contributed by atoms with Crippen LogP contribution in [0.15, 0.2) is 35.3 Å². The van der Waals surface area contributed by atoms with Crippen LogP contribution in [-0.2, 0) is 0 Å². The van der Waals surface area contributed by atoms with Crippen molar-refractivity contribution < 1.29 is 4.74 Å². The van der Waals surface area contributed by atoms with Crippen molar-refractivity contribution in [2.45, 2.75) is 26.8 Å². The Bertz CT molecular complexity index is 376. The number of hydrogen-bond acceptors (Lipinski definition) is 2. The standard InChI is InChI=1S/C15H25N3O/c1-12(2)13(3)18-15(16-4)17-10-11-19-14-8-6-5-7-9-14/h5-9,12-13H,10-11H2,1-4H3,(H2,16,17,18). The van der Waals surface area contributed by atoms with Gasteiger partial charge in [-0.1, -0.05) is 32.0 Å². The SMILES string of the molecule is CN=C(NCCOc1ccccc1)NC(C)C(C)C. The van der Waals surface area contributed by atoms with Crippen LogP contribution in [0.4, 0.5) is 0 Å². The fourth-order valence-corrected chi connectivity index (χ4v) is 1.43. The fourth-order valence-electron chi connectivity index (χ4n) is 1.43. The smallest absolute Gasteiger partial charge is 0.191 e. The molecule has 1 aromatic rings. The Balaban J connectivity index is 2.23. The lowest BCUT2D eigenvalue weighted by molar-refractivity contribution is 0.321. The summed E-state index contributed by atoms with van der Waals surface area (Å²) in [5, 5.41) is 6.59. The predicted octanol–water partition coefficient (Wildman–Crippen LogP) is 2.27. The van der Waals surface area contributed by atoms with Gasteiger partial charge in [-0.25, -0.2) is 0 Å². The van der Waals surface area contributed by atoms with Gasteiger partial charge in [0.15, 0.2) is 5.96 Å². The maximum atomic E-state index is 5.61. The summed E-state index contributed by atoms with van der Waals surface area (Å²) in [6.07, 6.45) is 0. The number of benzene rings is 1. The molecular weight excluding hydrogens is 238 g/mol. The summed E-state index contributed by atoms with van der Waals surface area (Å²) in [5.74, 6) is 2.28. The molecule has 0 amide bonds. The molecule has 0 bridgehead atoms. The highest BCUT2D eigenvalue weighted by Gasteiger charge is 2.08. The highest BCUT2D eigenvalue weighted by atomic mass is 16.5. The van der Waals surface area contributed by atoms with E-state index >= 15 is 0 Å². The van der Waals surface area contributed by atoms with Gasteiger partial charge in [0.25, 0.3) is 0 Å². The lowest BCUT2D eigenvalue weighted by Crippen LogP contribution is -2.45. The van der Waals surface area contributed by atoms with Gasteiger partial charge >= 0.3 is 0 Å². The molecule has 0 aliphatic rings. The van der Waals surface area contributed by atoms with Gasteiger partial charge in [0.1, 0.15) is 12.4 Å². The largest absolute Gasteiger partial charge is 0.492 e. The summed E-state index contributed by atoms with van der Waals surface area (Å²) in [6, 6.07) is 10.2. The van der Waals surface area contributed by atoms with Gasteiger partial charge in [0, 0.05) is 13.1 Å². The van der Waals surface area contributed by atoms with E-state index in [9.17, 15) is 0 Å². The van der Waals surface area contributed by atoms with Gasteiger partial charge < -0.3 is 15.4 Å². The number of nitrogens with one attached hydrogen (secondary N) is 2. The van der Waals surface area contributed by atoms with Crippen molar-refractivity contribution in [3.8, 4) is 5.75 Å². The molecule has 0 radical (unpaired) electrons. The Morgan fingerprint density at radius 2 is 1.89 bits per heavy atom. The highest BCUT2D eigenvalue weighted by Crippen LogP contribution is 2.07. The minimum absolute atomic E-state index is 0.390. The minimum Gasteiger partial charge on any atom is -0.492 e. The first-order valence-electron chi connectivity index (χ1n) is 6.78. The van der Waals surface area contributed by atoms with Crippen molar-refractivity contribution in [3.05, 3.63) is 30.3 Å². The van der Waals surface area contributed by atoms with E-state index in [2.05, 4.69) is 36.4 Å². The van der Waals surface area contributed by atoms with Crippen LogP contribution in [0.3, 0.4) is 0 Å². The first-order chi connectivity index (χ1) is 9.13. The van der Waals surface area contributed by atoms with Crippen molar-refractivity contribution in [2.75, 3.05) is 20.2 Å². The molecule has 0 fully saturated rings. The van der Waals surface area contributed by atoms with E-state index in [1.54, 1.807) is 7.05 Å². The van der Waals surface area contributed by atoms with Gasteiger partial charge in [-0.2, -0.15) is 0 Å². The van der Waals surface area contributed by atoms with Crippen LogP contribution in [0.25, 0.3) is 0 Å². The van der Waals surface area contributed by atoms with Crippen molar-refractivity contribution in [1.82, 2.24) is 10.6 Å². The Morgan fingerprint density at radius 3 is 2.47 bits per heavy atom. The Kier molecular flexibility index (Phi) is 6.79. The molecule has 0 aromatic heterocycles. The summed E-state index contributed by atoms with van der Waals surface area (Å²) in [5.41, 5.74) is 0. The van der Waals surface area contributed by atoms with Crippen LogP contribution in [0.1, 0.15) is 20.8 Å². The molecule has 0 saturated carbocycles. The molecule has 2 N–H and O–H groups in total. The number of aliphatic imine (C=N–C) groups is 1. The molecule has 0 heterocycles. The quantitative estimate of drug-likeness (QED) is 0.470. The maximum Gasteiger partial charge on any atom is 0.191 e. The van der Waals surface area contributed by atoms with Gasteiger partial charge in [0.2, 0.25) is 0 Å². The third-order valence-corrected chi connectivity index (χ3v) is 2.99. The minimum atomic E-state index is 0.390. The third-order valence-electron chi connectivity index (χ3n) is 2.99. The van der Waals surface area contributed by atoms with Crippen LogP contribution in [0.5, 0.6) is 5.75 Å². The molecule has 1 rings (SSSR count). The summed E-state index contributed by atoms with van der Waals surface area (Å²) < 4.78 is 5.61. The van der Waals surface area contributed by atoms with E-state index in [4.69, 9.17) is 4.74 Å². The molecular formula is C15H25N3O. The molecule has 1 unspecified atom stereocenters. The van der Waals surface area contributed by atoms with Crippen LogP contribution in [-0.4, -0.2) is 32.2 Å². The predicted molar refractivity (Wildman–Crippen MR) is 80.7 cm³/mol. The molecule has 19 heavy (non-hydrogen) atoms. The molecule has 0 saturated heterocycles. The van der Waals surface area contributed by atoms with E-state index in [0.29, 0.717) is 18.6 Å². The molecule has 106 valence electrons. The average molecular weight is 263 g/mol. The Morgan fingerprint density at radius 1 is 1.21 bits per heavy atom. The van der Waals surface area contributed by atoms with Crippen molar-refractivity contribution >= 4 is 5.96 Å². The Labute approximate surface area is 116 Å². The van der Waals surface area contributed by atoms with Gasteiger partial charge in [-0.05, 0) is 25.0 Å². The average Bonchev–Trinajstić information content (AvgIpc) is 2.43. The zero-order valence-electron chi connectivity index (χ0n) is 12.3. The van der Waals surface area contributed by atoms with Crippen LogP contribution in [0.2, 0.25) is 0 Å². The Hall–Kier alpha value is -1.71. The summed E-state index contributed by atoms with van der Waals surface area (Å²) in [7, 11) is 1.78. The number of hydrogen-bond donors (Lipinski definition) is 2. The van der Waals surface area contributed by atoms with Crippen molar-refractivity contribution in [3.63, 3.8) is 0 Å². The summed E-state index contributed by atoms with van der Waals surface area (Å²) in [6.45, 7) is 7.85. The normalized spacial score (nSPS) is 13.2. The number of ether oxygens (including phenoxy) is 1. The molecule has 1 atom stereocenters. The zero-order valence-corrected chi connectivity index (χ0v) is 12.3. The lowest BCUT2D eigenvalue weighted by Gasteiger charge is -2.20. The second-order valence-electron chi connectivity index (χ2n) is 4.84. The number of guanidine groups is 1. The second kappa shape index (κ2) is 8.40. The van der Waals surface area contributed by atoms with E-state index in [1.807, 2.05) is 30.3 Å². The maximum absolute atomic E-state index is 5.61. The van der Waals surface area contributed by atoms with E-state index < -0.39 is 0 Å². The van der Waals surface area contributed by atoms with E-state index in [1.165, 1.54) is 0 Å². The molecule has 4 nitrogen and oxygen atoms in total. The second-order valence-corrected chi connectivity index (χ2v) is 4.84. The molecule has 4 heteroatoms. The van der Waals surface area contributed by atoms with Crippen LogP contribution < -0.4 is 15.4 Å².